The number of carbonyl (C=O) groups excluding carboxylic acids is 1. The van der Waals surface area contributed by atoms with Crippen molar-refractivity contribution in [3.05, 3.63) is 24.0 Å². The van der Waals surface area contributed by atoms with Gasteiger partial charge in [-0.15, -0.1) is 0 Å². The molecule has 3 heterocycles. The van der Waals surface area contributed by atoms with E-state index in [2.05, 4.69) is 26.6 Å². The Bertz CT molecular complexity index is 447. The van der Waals surface area contributed by atoms with E-state index in [-0.39, 0.29) is 5.91 Å². The molecular weight excluding hydrogens is 278 g/mol. The van der Waals surface area contributed by atoms with Crippen molar-refractivity contribution in [2.45, 2.75) is 25.4 Å². The maximum Gasteiger partial charge on any atom is 0.236 e. The van der Waals surface area contributed by atoms with Crippen molar-refractivity contribution in [2.24, 2.45) is 0 Å². The number of piperazine rings is 1. The lowest BCUT2D eigenvalue weighted by atomic mass is 10.0. The van der Waals surface area contributed by atoms with Gasteiger partial charge < -0.3 is 20.5 Å². The molecule has 2 saturated heterocycles. The van der Waals surface area contributed by atoms with Crippen LogP contribution in [0.2, 0.25) is 0 Å². The van der Waals surface area contributed by atoms with Gasteiger partial charge in [-0.2, -0.15) is 0 Å². The Hall–Kier alpha value is -1.37. The number of likely N-dealkylation sites (tertiary alicyclic amines) is 1. The minimum Gasteiger partial charge on any atom is -0.364 e. The minimum absolute atomic E-state index is 0.246. The number of aromatic amines is 1. The first-order valence-corrected chi connectivity index (χ1v) is 8.38. The Morgan fingerprint density at radius 1 is 1.23 bits per heavy atom. The van der Waals surface area contributed by atoms with Crippen LogP contribution in [0.15, 0.2) is 18.3 Å². The molecule has 0 unspecified atom stereocenters. The van der Waals surface area contributed by atoms with Crippen LogP contribution in [-0.2, 0) is 11.3 Å². The van der Waals surface area contributed by atoms with E-state index < -0.39 is 0 Å². The van der Waals surface area contributed by atoms with Crippen LogP contribution in [0.5, 0.6) is 0 Å². The first kappa shape index (κ1) is 15.5. The predicted molar refractivity (Wildman–Crippen MR) is 86.5 cm³/mol. The fourth-order valence-electron chi connectivity index (χ4n) is 3.26. The quantitative estimate of drug-likeness (QED) is 0.717. The number of amides is 1. The van der Waals surface area contributed by atoms with Gasteiger partial charge in [-0.05, 0) is 25.0 Å². The molecule has 1 amide bonds. The van der Waals surface area contributed by atoms with E-state index in [0.29, 0.717) is 12.6 Å². The molecule has 2 aliphatic rings. The maximum absolute atomic E-state index is 12.1. The number of nitrogens with zero attached hydrogens (tertiary/aromatic N) is 2. The number of H-pyrrole nitrogens is 1. The second-order valence-corrected chi connectivity index (χ2v) is 6.26. The van der Waals surface area contributed by atoms with Crippen molar-refractivity contribution in [1.29, 1.82) is 0 Å². The largest absolute Gasteiger partial charge is 0.364 e. The van der Waals surface area contributed by atoms with Gasteiger partial charge in [-0.1, -0.05) is 0 Å². The molecule has 0 aliphatic carbocycles. The molecule has 6 heteroatoms. The molecule has 0 bridgehead atoms. The maximum atomic E-state index is 12.1. The number of hydrogen-bond acceptors (Lipinski definition) is 4. The minimum atomic E-state index is 0.246. The Labute approximate surface area is 132 Å². The Morgan fingerprint density at radius 2 is 2.00 bits per heavy atom. The summed E-state index contributed by atoms with van der Waals surface area (Å²) in [5.74, 6) is 0.246. The molecule has 0 spiro atoms. The van der Waals surface area contributed by atoms with E-state index in [0.717, 1.165) is 58.7 Å². The molecular formula is C16H27N5O. The Balaban J connectivity index is 1.34. The summed E-state index contributed by atoms with van der Waals surface area (Å²) in [6, 6.07) is 4.66. The Kier molecular flexibility index (Phi) is 5.48. The highest BCUT2D eigenvalue weighted by Gasteiger charge is 2.21. The molecule has 1 aromatic rings. The van der Waals surface area contributed by atoms with Crippen LogP contribution in [-0.4, -0.2) is 72.5 Å². The fraction of sp³-hybridized carbons (Fsp3) is 0.688. The van der Waals surface area contributed by atoms with Crippen LogP contribution in [0.25, 0.3) is 0 Å². The lowest BCUT2D eigenvalue weighted by molar-refractivity contribution is -0.131. The third-order valence-electron chi connectivity index (χ3n) is 4.66. The first-order valence-electron chi connectivity index (χ1n) is 8.38. The number of aromatic nitrogens is 1. The number of piperidine rings is 1. The summed E-state index contributed by atoms with van der Waals surface area (Å²) < 4.78 is 0. The summed E-state index contributed by atoms with van der Waals surface area (Å²) in [7, 11) is 0. The number of carbonyl (C=O) groups is 1. The van der Waals surface area contributed by atoms with Crippen LogP contribution >= 0.6 is 0 Å². The highest BCUT2D eigenvalue weighted by atomic mass is 16.2. The van der Waals surface area contributed by atoms with E-state index in [9.17, 15) is 4.79 Å². The highest BCUT2D eigenvalue weighted by Crippen LogP contribution is 2.13. The summed E-state index contributed by atoms with van der Waals surface area (Å²) >= 11 is 0. The average Bonchev–Trinajstić information content (AvgIpc) is 3.08. The van der Waals surface area contributed by atoms with Crippen LogP contribution in [0, 0.1) is 0 Å². The van der Waals surface area contributed by atoms with E-state index in [4.69, 9.17) is 0 Å². The van der Waals surface area contributed by atoms with Crippen molar-refractivity contribution in [3.63, 3.8) is 0 Å². The molecule has 0 radical (unpaired) electrons. The smallest absolute Gasteiger partial charge is 0.236 e. The predicted octanol–water partition coefficient (Wildman–Crippen LogP) is 0.000500. The second kappa shape index (κ2) is 7.76. The van der Waals surface area contributed by atoms with Crippen molar-refractivity contribution >= 4 is 5.91 Å². The Morgan fingerprint density at radius 3 is 2.68 bits per heavy atom. The summed E-state index contributed by atoms with van der Waals surface area (Å²) in [4.78, 5) is 19.8. The van der Waals surface area contributed by atoms with Crippen LogP contribution in [0.3, 0.4) is 0 Å². The monoisotopic (exact) mass is 305 g/mol. The van der Waals surface area contributed by atoms with Gasteiger partial charge in [-0.3, -0.25) is 9.69 Å². The molecule has 0 aromatic carbocycles. The van der Waals surface area contributed by atoms with Crippen LogP contribution < -0.4 is 10.6 Å². The van der Waals surface area contributed by atoms with E-state index in [1.165, 1.54) is 5.69 Å². The molecule has 1 aromatic heterocycles. The van der Waals surface area contributed by atoms with Crippen molar-refractivity contribution in [1.82, 2.24) is 25.4 Å². The molecule has 2 fully saturated rings. The summed E-state index contributed by atoms with van der Waals surface area (Å²) in [5, 5.41) is 6.73. The normalized spacial score (nSPS) is 21.2. The van der Waals surface area contributed by atoms with Gasteiger partial charge in [0.15, 0.2) is 0 Å². The van der Waals surface area contributed by atoms with E-state index in [1.807, 2.05) is 17.2 Å². The highest BCUT2D eigenvalue weighted by molar-refractivity contribution is 5.78. The van der Waals surface area contributed by atoms with Crippen molar-refractivity contribution in [3.8, 4) is 0 Å². The van der Waals surface area contributed by atoms with E-state index in [1.54, 1.807) is 0 Å². The van der Waals surface area contributed by atoms with Gasteiger partial charge in [0.05, 0.1) is 6.54 Å². The topological polar surface area (TPSA) is 63.4 Å². The number of rotatable bonds is 5. The lowest BCUT2D eigenvalue weighted by Crippen LogP contribution is -2.51. The van der Waals surface area contributed by atoms with Gasteiger partial charge in [0, 0.05) is 63.7 Å². The molecule has 6 nitrogen and oxygen atoms in total. The van der Waals surface area contributed by atoms with Crippen LogP contribution in [0.4, 0.5) is 0 Å². The average molecular weight is 305 g/mol. The number of nitrogens with one attached hydrogen (secondary N) is 3. The second-order valence-electron chi connectivity index (χ2n) is 6.26. The standard InChI is InChI=1S/C16H27N5O/c22-16(21-10-6-17-7-11-21)12-19-14-3-8-20(9-4-14)13-15-2-1-5-18-15/h1-2,5,14,17-19H,3-4,6-13H2. The molecule has 3 rings (SSSR count). The zero-order chi connectivity index (χ0) is 15.2. The molecule has 122 valence electrons. The summed E-state index contributed by atoms with van der Waals surface area (Å²) in [6.07, 6.45) is 4.22. The molecule has 0 saturated carbocycles. The zero-order valence-electron chi connectivity index (χ0n) is 13.2. The third kappa shape index (κ3) is 4.32. The van der Waals surface area contributed by atoms with Gasteiger partial charge >= 0.3 is 0 Å². The third-order valence-corrected chi connectivity index (χ3v) is 4.66. The fourth-order valence-corrected chi connectivity index (χ4v) is 3.26. The summed E-state index contributed by atoms with van der Waals surface area (Å²) in [5.41, 5.74) is 1.28. The van der Waals surface area contributed by atoms with Crippen LogP contribution in [0.1, 0.15) is 18.5 Å². The lowest BCUT2D eigenvalue weighted by Gasteiger charge is -2.33. The molecule has 22 heavy (non-hydrogen) atoms. The summed E-state index contributed by atoms with van der Waals surface area (Å²) in [6.45, 7) is 7.20. The number of hydrogen-bond donors (Lipinski definition) is 3. The van der Waals surface area contributed by atoms with Gasteiger partial charge in [-0.25, -0.2) is 0 Å². The zero-order valence-corrected chi connectivity index (χ0v) is 13.2. The van der Waals surface area contributed by atoms with E-state index >= 15 is 0 Å². The molecule has 2 aliphatic heterocycles. The van der Waals surface area contributed by atoms with Gasteiger partial charge in [0.1, 0.15) is 0 Å². The SMILES string of the molecule is O=C(CNC1CCN(Cc2ccc[nH]2)CC1)N1CCNCC1. The first-order chi connectivity index (χ1) is 10.8. The van der Waals surface area contributed by atoms with Gasteiger partial charge in [0.25, 0.3) is 0 Å². The van der Waals surface area contributed by atoms with Crippen molar-refractivity contribution in [2.75, 3.05) is 45.8 Å². The molecule has 0 atom stereocenters. The molecule has 3 N–H and O–H groups in total. The van der Waals surface area contributed by atoms with Gasteiger partial charge in [0.2, 0.25) is 5.91 Å². The van der Waals surface area contributed by atoms with Crippen molar-refractivity contribution < 1.29 is 4.79 Å².